The van der Waals surface area contributed by atoms with Crippen LogP contribution in [0.2, 0.25) is 0 Å². The summed E-state index contributed by atoms with van der Waals surface area (Å²) in [4.78, 5) is 10.4. The standard InChI is InChI=1S/C7H13ClO4/c1-2-12-6(3-7(8)11)5(10)4-9/h5-6,9-10H,2-4H2,1H3/t5?,6-/m1/s1. The summed E-state index contributed by atoms with van der Waals surface area (Å²) in [7, 11) is 0. The van der Waals surface area contributed by atoms with E-state index in [1.807, 2.05) is 0 Å². The number of halogens is 1. The Hall–Kier alpha value is -0.160. The molecule has 5 heteroatoms. The lowest BCUT2D eigenvalue weighted by molar-refractivity contribution is -0.118. The molecular formula is C7H13ClO4. The van der Waals surface area contributed by atoms with Gasteiger partial charge in [0.05, 0.1) is 19.1 Å². The molecule has 0 saturated heterocycles. The van der Waals surface area contributed by atoms with Gasteiger partial charge in [0.15, 0.2) is 0 Å². The Morgan fingerprint density at radius 3 is 2.58 bits per heavy atom. The number of ether oxygens (including phenoxy) is 1. The number of aliphatic hydroxyl groups excluding tert-OH is 2. The van der Waals surface area contributed by atoms with Crippen molar-refractivity contribution in [1.29, 1.82) is 0 Å². The van der Waals surface area contributed by atoms with Gasteiger partial charge in [-0.25, -0.2) is 0 Å². The van der Waals surface area contributed by atoms with E-state index in [4.69, 9.17) is 26.6 Å². The Balaban J connectivity index is 3.93. The van der Waals surface area contributed by atoms with E-state index in [1.54, 1.807) is 6.92 Å². The average molecular weight is 197 g/mol. The minimum absolute atomic E-state index is 0.0862. The molecule has 0 aromatic heterocycles. The molecule has 0 heterocycles. The van der Waals surface area contributed by atoms with Gasteiger partial charge >= 0.3 is 0 Å². The van der Waals surface area contributed by atoms with Gasteiger partial charge in [-0.05, 0) is 18.5 Å². The lowest BCUT2D eigenvalue weighted by atomic mass is 10.1. The van der Waals surface area contributed by atoms with Gasteiger partial charge in [-0.1, -0.05) is 0 Å². The molecule has 1 unspecified atom stereocenters. The van der Waals surface area contributed by atoms with Crippen LogP contribution in [-0.4, -0.2) is 40.9 Å². The first-order valence-corrected chi connectivity index (χ1v) is 4.08. The Morgan fingerprint density at radius 1 is 1.67 bits per heavy atom. The van der Waals surface area contributed by atoms with Crippen molar-refractivity contribution in [3.63, 3.8) is 0 Å². The number of aliphatic hydroxyl groups is 2. The molecule has 72 valence electrons. The van der Waals surface area contributed by atoms with Crippen molar-refractivity contribution >= 4 is 16.8 Å². The summed E-state index contributed by atoms with van der Waals surface area (Å²) in [6, 6.07) is 0. The molecule has 0 spiro atoms. The normalized spacial score (nSPS) is 15.7. The first-order chi connectivity index (χ1) is 5.61. The minimum atomic E-state index is -1.05. The van der Waals surface area contributed by atoms with Gasteiger partial charge in [0.25, 0.3) is 0 Å². The molecule has 2 atom stereocenters. The van der Waals surface area contributed by atoms with E-state index in [0.717, 1.165) is 0 Å². The zero-order chi connectivity index (χ0) is 9.56. The molecule has 12 heavy (non-hydrogen) atoms. The van der Waals surface area contributed by atoms with E-state index in [9.17, 15) is 4.79 Å². The van der Waals surface area contributed by atoms with E-state index in [2.05, 4.69) is 0 Å². The fourth-order valence-electron chi connectivity index (χ4n) is 0.796. The highest BCUT2D eigenvalue weighted by molar-refractivity contribution is 6.63. The lowest BCUT2D eigenvalue weighted by Gasteiger charge is -2.19. The molecule has 0 bridgehead atoms. The third-order valence-corrected chi connectivity index (χ3v) is 1.51. The van der Waals surface area contributed by atoms with Gasteiger partial charge in [0, 0.05) is 6.61 Å². The fraction of sp³-hybridized carbons (Fsp3) is 0.857. The van der Waals surface area contributed by atoms with Crippen molar-refractivity contribution in [3.05, 3.63) is 0 Å². The van der Waals surface area contributed by atoms with Crippen molar-refractivity contribution in [2.75, 3.05) is 13.2 Å². The summed E-state index contributed by atoms with van der Waals surface area (Å²) < 4.78 is 4.99. The van der Waals surface area contributed by atoms with Gasteiger partial charge in [-0.2, -0.15) is 0 Å². The third-order valence-electron chi connectivity index (χ3n) is 1.36. The van der Waals surface area contributed by atoms with Crippen molar-refractivity contribution in [3.8, 4) is 0 Å². The Bertz CT molecular complexity index is 139. The Kier molecular flexibility index (Phi) is 6.28. The molecule has 0 aliphatic carbocycles. The summed E-state index contributed by atoms with van der Waals surface area (Å²) in [5.74, 6) is 0. The van der Waals surface area contributed by atoms with Crippen molar-refractivity contribution in [2.24, 2.45) is 0 Å². The maximum atomic E-state index is 10.4. The van der Waals surface area contributed by atoms with Crippen LogP contribution in [0.5, 0.6) is 0 Å². The molecule has 0 saturated carbocycles. The Labute approximate surface area is 76.1 Å². The predicted octanol–water partition coefficient (Wildman–Crippen LogP) is -0.0998. The summed E-state index contributed by atoms with van der Waals surface area (Å²) in [5.41, 5.74) is 0. The largest absolute Gasteiger partial charge is 0.394 e. The maximum absolute atomic E-state index is 10.4. The van der Waals surface area contributed by atoms with E-state index >= 15 is 0 Å². The monoisotopic (exact) mass is 196 g/mol. The minimum Gasteiger partial charge on any atom is -0.394 e. The van der Waals surface area contributed by atoms with Gasteiger partial charge in [-0.3, -0.25) is 4.79 Å². The molecule has 2 N–H and O–H groups in total. The molecule has 0 aliphatic rings. The lowest BCUT2D eigenvalue weighted by Crippen LogP contribution is -2.33. The molecule has 0 amide bonds. The summed E-state index contributed by atoms with van der Waals surface area (Å²) >= 11 is 5.10. The zero-order valence-corrected chi connectivity index (χ0v) is 7.62. The first-order valence-electron chi connectivity index (χ1n) is 3.70. The van der Waals surface area contributed by atoms with E-state index in [1.165, 1.54) is 0 Å². The van der Waals surface area contributed by atoms with Crippen LogP contribution in [0.15, 0.2) is 0 Å². The highest BCUT2D eigenvalue weighted by Crippen LogP contribution is 2.06. The van der Waals surface area contributed by atoms with Crippen LogP contribution < -0.4 is 0 Å². The number of carbonyl (C=O) groups is 1. The topological polar surface area (TPSA) is 66.8 Å². The van der Waals surface area contributed by atoms with Crippen molar-refractivity contribution in [2.45, 2.75) is 25.6 Å². The molecule has 0 radical (unpaired) electrons. The number of hydrogen-bond acceptors (Lipinski definition) is 4. The smallest absolute Gasteiger partial charge is 0.224 e. The van der Waals surface area contributed by atoms with Crippen LogP contribution in [0.3, 0.4) is 0 Å². The third kappa shape index (κ3) is 4.66. The Morgan fingerprint density at radius 2 is 2.25 bits per heavy atom. The van der Waals surface area contributed by atoms with Crippen LogP contribution in [0.25, 0.3) is 0 Å². The molecule has 0 aromatic carbocycles. The van der Waals surface area contributed by atoms with E-state index in [0.29, 0.717) is 6.61 Å². The predicted molar refractivity (Wildman–Crippen MR) is 44.0 cm³/mol. The first kappa shape index (κ1) is 11.8. The van der Waals surface area contributed by atoms with E-state index < -0.39 is 24.1 Å². The van der Waals surface area contributed by atoms with Crippen LogP contribution in [-0.2, 0) is 9.53 Å². The van der Waals surface area contributed by atoms with Gasteiger partial charge in [-0.15, -0.1) is 0 Å². The van der Waals surface area contributed by atoms with Crippen molar-refractivity contribution < 1.29 is 19.7 Å². The summed E-state index contributed by atoms with van der Waals surface area (Å²) in [6.45, 7) is 1.66. The van der Waals surface area contributed by atoms with Gasteiger partial charge in [0.1, 0.15) is 6.10 Å². The van der Waals surface area contributed by atoms with Crippen LogP contribution in [0, 0.1) is 0 Å². The number of hydrogen-bond donors (Lipinski definition) is 2. The average Bonchev–Trinajstić information content (AvgIpc) is 2.01. The number of rotatable bonds is 6. The molecule has 0 aliphatic heterocycles. The van der Waals surface area contributed by atoms with Crippen LogP contribution in [0.4, 0.5) is 0 Å². The van der Waals surface area contributed by atoms with Crippen molar-refractivity contribution in [1.82, 2.24) is 0 Å². The zero-order valence-electron chi connectivity index (χ0n) is 6.86. The van der Waals surface area contributed by atoms with Crippen LogP contribution >= 0.6 is 11.6 Å². The fourth-order valence-corrected chi connectivity index (χ4v) is 0.948. The molecule has 0 fully saturated rings. The number of carbonyl (C=O) groups excluding carboxylic acids is 1. The molecule has 0 rings (SSSR count). The molecule has 0 aromatic rings. The summed E-state index contributed by atoms with van der Waals surface area (Å²) in [6.07, 6.45) is -1.84. The summed E-state index contributed by atoms with van der Waals surface area (Å²) in [5, 5.41) is 17.1. The maximum Gasteiger partial charge on any atom is 0.224 e. The van der Waals surface area contributed by atoms with E-state index in [-0.39, 0.29) is 6.42 Å². The molecule has 4 nitrogen and oxygen atoms in total. The second-order valence-corrected chi connectivity index (χ2v) is 2.72. The highest BCUT2D eigenvalue weighted by Gasteiger charge is 2.20. The molecular weight excluding hydrogens is 184 g/mol. The van der Waals surface area contributed by atoms with Crippen LogP contribution in [0.1, 0.15) is 13.3 Å². The quantitative estimate of drug-likeness (QED) is 0.583. The SMILES string of the molecule is CCO[C@H](CC(=O)Cl)C(O)CO. The van der Waals surface area contributed by atoms with Gasteiger partial charge < -0.3 is 14.9 Å². The second-order valence-electron chi connectivity index (χ2n) is 2.30. The second kappa shape index (κ2) is 6.37. The highest BCUT2D eigenvalue weighted by atomic mass is 35.5. The van der Waals surface area contributed by atoms with Gasteiger partial charge in [0.2, 0.25) is 5.24 Å².